The molecule has 0 fully saturated rings. The van der Waals surface area contributed by atoms with Crippen molar-refractivity contribution in [3.8, 4) is 0 Å². The highest BCUT2D eigenvalue weighted by atomic mass is 16.6. The summed E-state index contributed by atoms with van der Waals surface area (Å²) in [6, 6.07) is 7.25. The minimum atomic E-state index is -0.537. The molecular weight excluding hydrogens is 266 g/mol. The summed E-state index contributed by atoms with van der Waals surface area (Å²) in [4.78, 5) is 25.1. The molecule has 0 heterocycles. The van der Waals surface area contributed by atoms with Crippen molar-refractivity contribution in [1.82, 2.24) is 4.90 Å². The molecule has 4 nitrogen and oxygen atoms in total. The summed E-state index contributed by atoms with van der Waals surface area (Å²) in [6.07, 6.45) is 0. The summed E-state index contributed by atoms with van der Waals surface area (Å²) < 4.78 is 5.18. The molecule has 0 aliphatic heterocycles. The van der Waals surface area contributed by atoms with Crippen LogP contribution in [0.3, 0.4) is 0 Å². The van der Waals surface area contributed by atoms with Crippen molar-refractivity contribution in [2.45, 2.75) is 47.1 Å². The van der Waals surface area contributed by atoms with Gasteiger partial charge in [-0.25, -0.2) is 0 Å². The highest BCUT2D eigenvalue weighted by molar-refractivity contribution is 5.95. The minimum Gasteiger partial charge on any atom is -0.459 e. The Morgan fingerprint density at radius 1 is 1.10 bits per heavy atom. The summed E-state index contributed by atoms with van der Waals surface area (Å²) in [5.41, 5.74) is 1.12. The number of nitrogens with zero attached hydrogens (tertiary/aromatic N) is 1. The van der Waals surface area contributed by atoms with Gasteiger partial charge in [-0.3, -0.25) is 9.59 Å². The van der Waals surface area contributed by atoms with Crippen LogP contribution in [0.25, 0.3) is 0 Å². The Morgan fingerprint density at radius 3 is 2.00 bits per heavy atom. The predicted molar refractivity (Wildman–Crippen MR) is 85.3 cm³/mol. The van der Waals surface area contributed by atoms with Crippen LogP contribution in [0.5, 0.6) is 0 Å². The van der Waals surface area contributed by atoms with Gasteiger partial charge in [0.25, 0.3) is 5.91 Å². The SMILES string of the molecule is CC.Cc1ccc(C(=O)N(C)CC(=O)OC(C)(C)C)cc1. The normalized spacial score (nSPS) is 10.2. The quantitative estimate of drug-likeness (QED) is 0.802. The van der Waals surface area contributed by atoms with Crippen LogP contribution in [-0.2, 0) is 9.53 Å². The van der Waals surface area contributed by atoms with E-state index in [0.29, 0.717) is 5.56 Å². The Morgan fingerprint density at radius 2 is 1.57 bits per heavy atom. The third-order valence-electron chi connectivity index (χ3n) is 2.43. The van der Waals surface area contributed by atoms with E-state index in [1.165, 1.54) is 4.90 Å². The Hall–Kier alpha value is -1.84. The number of carbonyl (C=O) groups excluding carboxylic acids is 2. The van der Waals surface area contributed by atoms with Crippen molar-refractivity contribution in [3.63, 3.8) is 0 Å². The maximum Gasteiger partial charge on any atom is 0.326 e. The molecule has 21 heavy (non-hydrogen) atoms. The Bertz CT molecular complexity index is 458. The monoisotopic (exact) mass is 293 g/mol. The molecule has 0 saturated heterocycles. The van der Waals surface area contributed by atoms with Gasteiger partial charge in [0, 0.05) is 12.6 Å². The van der Waals surface area contributed by atoms with Crippen molar-refractivity contribution in [2.75, 3.05) is 13.6 Å². The summed E-state index contributed by atoms with van der Waals surface area (Å²) in [5.74, 6) is -0.596. The number of amides is 1. The zero-order valence-electron chi connectivity index (χ0n) is 14.2. The Balaban J connectivity index is 0.00000191. The number of esters is 1. The smallest absolute Gasteiger partial charge is 0.326 e. The minimum absolute atomic E-state index is 0.0516. The van der Waals surface area contributed by atoms with Gasteiger partial charge in [0.15, 0.2) is 0 Å². The molecule has 0 aliphatic rings. The highest BCUT2D eigenvalue weighted by Gasteiger charge is 2.20. The standard InChI is InChI=1S/C15H21NO3.C2H6/c1-11-6-8-12(9-7-11)14(18)16(5)10-13(17)19-15(2,3)4;1-2/h6-9H,10H2,1-5H3;1-2H3. The van der Waals surface area contributed by atoms with Crippen molar-refractivity contribution in [3.05, 3.63) is 35.4 Å². The second-order valence-corrected chi connectivity index (χ2v) is 5.61. The fourth-order valence-electron chi connectivity index (χ4n) is 1.56. The first kappa shape index (κ1) is 19.2. The van der Waals surface area contributed by atoms with Crippen LogP contribution >= 0.6 is 0 Å². The summed E-state index contributed by atoms with van der Waals surface area (Å²) >= 11 is 0. The van der Waals surface area contributed by atoms with Gasteiger partial charge in [-0.05, 0) is 39.8 Å². The topological polar surface area (TPSA) is 46.6 Å². The van der Waals surface area contributed by atoms with Crippen LogP contribution in [0.2, 0.25) is 0 Å². The molecule has 118 valence electrons. The number of benzene rings is 1. The van der Waals surface area contributed by atoms with Crippen molar-refractivity contribution in [2.24, 2.45) is 0 Å². The maximum absolute atomic E-state index is 12.1. The number of carbonyl (C=O) groups is 2. The first-order chi connectivity index (χ1) is 9.69. The van der Waals surface area contributed by atoms with Crippen molar-refractivity contribution < 1.29 is 14.3 Å². The molecule has 0 atom stereocenters. The molecule has 0 radical (unpaired) electrons. The van der Waals surface area contributed by atoms with Crippen LogP contribution < -0.4 is 0 Å². The molecule has 0 aromatic heterocycles. The van der Waals surface area contributed by atoms with E-state index < -0.39 is 11.6 Å². The average Bonchev–Trinajstić information content (AvgIpc) is 2.38. The molecule has 1 aromatic carbocycles. The molecule has 1 amide bonds. The number of hydrogen-bond donors (Lipinski definition) is 0. The molecule has 0 unspecified atom stereocenters. The van der Waals surface area contributed by atoms with Gasteiger partial charge in [0.2, 0.25) is 0 Å². The zero-order valence-corrected chi connectivity index (χ0v) is 14.2. The van der Waals surface area contributed by atoms with E-state index in [9.17, 15) is 9.59 Å². The number of hydrogen-bond acceptors (Lipinski definition) is 3. The lowest BCUT2D eigenvalue weighted by molar-refractivity contribution is -0.155. The van der Waals surface area contributed by atoms with Crippen molar-refractivity contribution >= 4 is 11.9 Å². The van der Waals surface area contributed by atoms with Crippen LogP contribution in [0.4, 0.5) is 0 Å². The average molecular weight is 293 g/mol. The van der Waals surface area contributed by atoms with E-state index in [1.54, 1.807) is 40.0 Å². The molecule has 0 aliphatic carbocycles. The lowest BCUT2D eigenvalue weighted by Crippen LogP contribution is -2.36. The number of aryl methyl sites for hydroxylation is 1. The van der Waals surface area contributed by atoms with Crippen LogP contribution in [-0.4, -0.2) is 36.0 Å². The second-order valence-electron chi connectivity index (χ2n) is 5.61. The third kappa shape index (κ3) is 7.49. The van der Waals surface area contributed by atoms with Gasteiger partial charge in [-0.2, -0.15) is 0 Å². The molecule has 0 saturated carbocycles. The maximum atomic E-state index is 12.1. The van der Waals surface area contributed by atoms with Crippen molar-refractivity contribution in [1.29, 1.82) is 0 Å². The molecular formula is C17H27NO3. The van der Waals surface area contributed by atoms with Gasteiger partial charge < -0.3 is 9.64 Å². The van der Waals surface area contributed by atoms with E-state index in [2.05, 4.69) is 0 Å². The van der Waals surface area contributed by atoms with Gasteiger partial charge in [0.1, 0.15) is 12.1 Å². The molecule has 0 bridgehead atoms. The third-order valence-corrected chi connectivity index (χ3v) is 2.43. The summed E-state index contributed by atoms with van der Waals surface area (Å²) in [5, 5.41) is 0. The van der Waals surface area contributed by atoms with E-state index in [0.717, 1.165) is 5.56 Å². The Labute approximate surface area is 128 Å². The fourth-order valence-corrected chi connectivity index (χ4v) is 1.56. The highest BCUT2D eigenvalue weighted by Crippen LogP contribution is 2.09. The van der Waals surface area contributed by atoms with E-state index in [4.69, 9.17) is 4.74 Å². The van der Waals surface area contributed by atoms with Crippen LogP contribution in [0.15, 0.2) is 24.3 Å². The first-order valence-electron chi connectivity index (χ1n) is 7.23. The Kier molecular flexibility index (Phi) is 7.71. The number of likely N-dealkylation sites (N-methyl/N-ethyl adjacent to an activating group) is 1. The van der Waals surface area contributed by atoms with E-state index in [1.807, 2.05) is 32.9 Å². The van der Waals surface area contributed by atoms with E-state index >= 15 is 0 Å². The molecule has 4 heteroatoms. The predicted octanol–water partition coefficient (Wildman–Crippen LogP) is 3.43. The first-order valence-corrected chi connectivity index (χ1v) is 7.23. The number of rotatable bonds is 3. The van der Waals surface area contributed by atoms with Crippen LogP contribution in [0, 0.1) is 6.92 Å². The van der Waals surface area contributed by atoms with Crippen LogP contribution in [0.1, 0.15) is 50.5 Å². The largest absolute Gasteiger partial charge is 0.459 e. The van der Waals surface area contributed by atoms with Gasteiger partial charge in [0.05, 0.1) is 0 Å². The summed E-state index contributed by atoms with van der Waals surface area (Å²) in [7, 11) is 1.59. The van der Waals surface area contributed by atoms with Gasteiger partial charge >= 0.3 is 5.97 Å². The number of ether oxygens (including phenoxy) is 1. The fraction of sp³-hybridized carbons (Fsp3) is 0.529. The lowest BCUT2D eigenvalue weighted by atomic mass is 10.1. The van der Waals surface area contributed by atoms with Gasteiger partial charge in [-0.15, -0.1) is 0 Å². The molecule has 1 rings (SSSR count). The second kappa shape index (κ2) is 8.45. The molecule has 0 N–H and O–H groups in total. The molecule has 1 aromatic rings. The van der Waals surface area contributed by atoms with E-state index in [-0.39, 0.29) is 12.5 Å². The molecule has 0 spiro atoms. The zero-order chi connectivity index (χ0) is 16.6. The summed E-state index contributed by atoms with van der Waals surface area (Å²) in [6.45, 7) is 11.3. The lowest BCUT2D eigenvalue weighted by Gasteiger charge is -2.22. The van der Waals surface area contributed by atoms with Gasteiger partial charge in [-0.1, -0.05) is 31.5 Å².